The van der Waals surface area contributed by atoms with Crippen molar-refractivity contribution in [3.63, 3.8) is 0 Å². The van der Waals surface area contributed by atoms with Gasteiger partial charge in [0.2, 0.25) is 0 Å². The Morgan fingerprint density at radius 1 is 1.25 bits per heavy atom. The van der Waals surface area contributed by atoms with Gasteiger partial charge in [-0.2, -0.15) is 13.2 Å². The van der Waals surface area contributed by atoms with E-state index in [-0.39, 0.29) is 5.69 Å². The predicted molar refractivity (Wildman–Crippen MR) is 75.4 cm³/mol. The number of pyridine rings is 1. The van der Waals surface area contributed by atoms with Gasteiger partial charge in [-0.15, -0.1) is 0 Å². The van der Waals surface area contributed by atoms with Crippen molar-refractivity contribution in [3.05, 3.63) is 57.8 Å². The van der Waals surface area contributed by atoms with Crippen LogP contribution in [0.1, 0.15) is 16.7 Å². The van der Waals surface area contributed by atoms with Crippen LogP contribution in [-0.2, 0) is 12.7 Å². The first-order valence-corrected chi connectivity index (χ1v) is 6.67. The predicted octanol–water partition coefficient (Wildman–Crippen LogP) is 4.78. The summed E-state index contributed by atoms with van der Waals surface area (Å²) in [6, 6.07) is 5.88. The first kappa shape index (κ1) is 14.8. The summed E-state index contributed by atoms with van der Waals surface area (Å²) in [5, 5.41) is 2.82. The molecule has 0 bridgehead atoms. The minimum absolute atomic E-state index is 0.0592. The maximum absolute atomic E-state index is 13.0. The van der Waals surface area contributed by atoms with E-state index in [1.807, 2.05) is 13.0 Å². The van der Waals surface area contributed by atoms with Crippen LogP contribution in [-0.4, -0.2) is 4.98 Å². The Labute approximate surface area is 123 Å². The van der Waals surface area contributed by atoms with Crippen LogP contribution in [0.2, 0.25) is 0 Å². The molecular formula is C14H12BrF3N2. The third kappa shape index (κ3) is 3.50. The number of aryl methyl sites for hydroxylation is 1. The molecule has 0 fully saturated rings. The van der Waals surface area contributed by atoms with Crippen molar-refractivity contribution >= 4 is 21.6 Å². The van der Waals surface area contributed by atoms with Crippen LogP contribution in [0.15, 0.2) is 41.1 Å². The highest BCUT2D eigenvalue weighted by atomic mass is 79.9. The van der Waals surface area contributed by atoms with Gasteiger partial charge in [0.05, 0.1) is 5.56 Å². The lowest BCUT2D eigenvalue weighted by Gasteiger charge is -2.15. The van der Waals surface area contributed by atoms with Gasteiger partial charge in [-0.1, -0.05) is 15.9 Å². The number of nitrogens with one attached hydrogen (secondary N) is 1. The molecule has 0 saturated carbocycles. The average molecular weight is 345 g/mol. The van der Waals surface area contributed by atoms with Crippen LogP contribution in [0.4, 0.5) is 18.9 Å². The van der Waals surface area contributed by atoms with E-state index < -0.39 is 11.7 Å². The summed E-state index contributed by atoms with van der Waals surface area (Å²) < 4.78 is 39.3. The first-order chi connectivity index (χ1) is 9.38. The van der Waals surface area contributed by atoms with E-state index in [1.54, 1.807) is 18.5 Å². The standard InChI is InChI=1S/C14H12BrF3N2/c1-9-4-5-19-7-10(9)8-20-13-3-2-11(15)6-12(13)14(16,17)18/h2-7,20H,8H2,1H3. The number of rotatable bonds is 3. The zero-order chi connectivity index (χ0) is 14.8. The normalized spacial score (nSPS) is 11.4. The fourth-order valence-electron chi connectivity index (χ4n) is 1.78. The molecule has 0 atom stereocenters. The molecule has 1 heterocycles. The van der Waals surface area contributed by atoms with Crippen LogP contribution in [0, 0.1) is 6.92 Å². The zero-order valence-electron chi connectivity index (χ0n) is 10.6. The Morgan fingerprint density at radius 2 is 2.00 bits per heavy atom. The Balaban J connectivity index is 2.24. The molecule has 6 heteroatoms. The van der Waals surface area contributed by atoms with Gasteiger partial charge in [0.1, 0.15) is 0 Å². The molecule has 1 aromatic heterocycles. The van der Waals surface area contributed by atoms with Crippen molar-refractivity contribution in [2.45, 2.75) is 19.6 Å². The fraction of sp³-hybridized carbons (Fsp3) is 0.214. The number of halogens is 4. The number of alkyl halides is 3. The molecule has 2 rings (SSSR count). The topological polar surface area (TPSA) is 24.9 Å². The summed E-state index contributed by atoms with van der Waals surface area (Å²) in [5.74, 6) is 0. The van der Waals surface area contributed by atoms with Gasteiger partial charge in [-0.3, -0.25) is 4.98 Å². The summed E-state index contributed by atoms with van der Waals surface area (Å²) in [7, 11) is 0. The number of hydrogen-bond acceptors (Lipinski definition) is 2. The highest BCUT2D eigenvalue weighted by molar-refractivity contribution is 9.10. The maximum Gasteiger partial charge on any atom is 0.418 e. The third-order valence-corrected chi connectivity index (χ3v) is 3.40. The maximum atomic E-state index is 13.0. The highest BCUT2D eigenvalue weighted by Crippen LogP contribution is 2.36. The van der Waals surface area contributed by atoms with E-state index in [0.717, 1.165) is 17.2 Å². The van der Waals surface area contributed by atoms with Crippen LogP contribution in [0.5, 0.6) is 0 Å². The summed E-state index contributed by atoms with van der Waals surface area (Å²) >= 11 is 3.06. The van der Waals surface area contributed by atoms with Crippen LogP contribution in [0.3, 0.4) is 0 Å². The van der Waals surface area contributed by atoms with Gasteiger partial charge >= 0.3 is 6.18 Å². The third-order valence-electron chi connectivity index (χ3n) is 2.90. The molecule has 1 aromatic carbocycles. The van der Waals surface area contributed by atoms with Gasteiger partial charge in [-0.05, 0) is 42.3 Å². The van der Waals surface area contributed by atoms with Gasteiger partial charge < -0.3 is 5.32 Å². The number of hydrogen-bond donors (Lipinski definition) is 1. The molecule has 20 heavy (non-hydrogen) atoms. The molecule has 0 unspecified atom stereocenters. The van der Waals surface area contributed by atoms with E-state index in [1.165, 1.54) is 6.07 Å². The Kier molecular flexibility index (Phi) is 4.32. The fourth-order valence-corrected chi connectivity index (χ4v) is 2.14. The van der Waals surface area contributed by atoms with Gasteiger partial charge in [0.25, 0.3) is 0 Å². The molecule has 106 valence electrons. The molecule has 0 aliphatic heterocycles. The second-order valence-electron chi connectivity index (χ2n) is 4.34. The van der Waals surface area contributed by atoms with Gasteiger partial charge in [0.15, 0.2) is 0 Å². The van der Waals surface area contributed by atoms with E-state index in [4.69, 9.17) is 0 Å². The lowest BCUT2D eigenvalue weighted by atomic mass is 10.1. The monoisotopic (exact) mass is 344 g/mol. The largest absolute Gasteiger partial charge is 0.418 e. The molecule has 0 aliphatic rings. The molecule has 0 amide bonds. The molecule has 2 aromatic rings. The van der Waals surface area contributed by atoms with Crippen molar-refractivity contribution in [3.8, 4) is 0 Å². The summed E-state index contributed by atoms with van der Waals surface area (Å²) in [6.07, 6.45) is -1.09. The summed E-state index contributed by atoms with van der Waals surface area (Å²) in [5.41, 5.74) is 1.22. The Hall–Kier alpha value is -1.56. The SMILES string of the molecule is Cc1ccncc1CNc1ccc(Br)cc1C(F)(F)F. The van der Waals surface area contributed by atoms with E-state index in [0.29, 0.717) is 11.0 Å². The quantitative estimate of drug-likeness (QED) is 0.866. The van der Waals surface area contributed by atoms with Gasteiger partial charge in [-0.25, -0.2) is 0 Å². The molecule has 0 aliphatic carbocycles. The lowest BCUT2D eigenvalue weighted by molar-refractivity contribution is -0.137. The van der Waals surface area contributed by atoms with E-state index in [2.05, 4.69) is 26.2 Å². The van der Waals surface area contributed by atoms with Crippen molar-refractivity contribution in [2.24, 2.45) is 0 Å². The molecular weight excluding hydrogens is 333 g/mol. The van der Waals surface area contributed by atoms with Crippen LogP contribution in [0.25, 0.3) is 0 Å². The zero-order valence-corrected chi connectivity index (χ0v) is 12.2. The molecule has 1 N–H and O–H groups in total. The van der Waals surface area contributed by atoms with Crippen LogP contribution < -0.4 is 5.32 Å². The van der Waals surface area contributed by atoms with Gasteiger partial charge in [0, 0.05) is 29.1 Å². The second-order valence-corrected chi connectivity index (χ2v) is 5.26. The molecule has 0 saturated heterocycles. The second kappa shape index (κ2) is 5.83. The molecule has 0 radical (unpaired) electrons. The van der Waals surface area contributed by atoms with Crippen molar-refractivity contribution in [2.75, 3.05) is 5.32 Å². The number of nitrogens with zero attached hydrogens (tertiary/aromatic N) is 1. The lowest BCUT2D eigenvalue weighted by Crippen LogP contribution is -2.11. The first-order valence-electron chi connectivity index (χ1n) is 5.88. The summed E-state index contributed by atoms with van der Waals surface area (Å²) in [6.45, 7) is 2.19. The smallest absolute Gasteiger partial charge is 0.380 e. The van der Waals surface area contributed by atoms with Crippen molar-refractivity contribution in [1.82, 2.24) is 4.98 Å². The highest BCUT2D eigenvalue weighted by Gasteiger charge is 2.33. The Morgan fingerprint density at radius 3 is 2.65 bits per heavy atom. The number of aromatic nitrogens is 1. The number of anilines is 1. The number of benzene rings is 1. The minimum Gasteiger partial charge on any atom is -0.380 e. The van der Waals surface area contributed by atoms with Crippen molar-refractivity contribution in [1.29, 1.82) is 0 Å². The van der Waals surface area contributed by atoms with E-state index in [9.17, 15) is 13.2 Å². The van der Waals surface area contributed by atoms with Crippen molar-refractivity contribution < 1.29 is 13.2 Å². The minimum atomic E-state index is -4.39. The molecule has 2 nitrogen and oxygen atoms in total. The molecule has 0 spiro atoms. The van der Waals surface area contributed by atoms with E-state index >= 15 is 0 Å². The van der Waals surface area contributed by atoms with Crippen LogP contribution >= 0.6 is 15.9 Å². The summed E-state index contributed by atoms with van der Waals surface area (Å²) in [4.78, 5) is 3.97. The average Bonchev–Trinajstić information content (AvgIpc) is 2.38. The Bertz CT molecular complexity index is 612.